The minimum absolute atomic E-state index is 0.122. The van der Waals surface area contributed by atoms with Gasteiger partial charge in [-0.2, -0.15) is 5.26 Å². The van der Waals surface area contributed by atoms with Crippen molar-refractivity contribution in [3.63, 3.8) is 0 Å². The number of hydrogen-bond acceptors (Lipinski definition) is 8. The van der Waals surface area contributed by atoms with Crippen molar-refractivity contribution < 1.29 is 24.1 Å². The van der Waals surface area contributed by atoms with E-state index in [4.69, 9.17) is 31.1 Å². The molecule has 8 nitrogen and oxygen atoms in total. The van der Waals surface area contributed by atoms with Crippen LogP contribution in [0.2, 0.25) is 5.02 Å². The van der Waals surface area contributed by atoms with E-state index in [1.807, 2.05) is 24.3 Å². The van der Waals surface area contributed by atoms with Gasteiger partial charge in [0.25, 0.3) is 0 Å². The summed E-state index contributed by atoms with van der Waals surface area (Å²) in [4.78, 5) is 18.2. The molecule has 238 valence electrons. The maximum atomic E-state index is 11.7. The third-order valence-electron chi connectivity index (χ3n) is 8.35. The van der Waals surface area contributed by atoms with Crippen molar-refractivity contribution in [3.05, 3.63) is 105 Å². The molecule has 0 aliphatic carbocycles. The number of aliphatic hydroxyl groups is 1. The first-order chi connectivity index (χ1) is 22.4. The predicted molar refractivity (Wildman–Crippen MR) is 178 cm³/mol. The number of benzene rings is 3. The van der Waals surface area contributed by atoms with Gasteiger partial charge in [-0.3, -0.25) is 9.78 Å². The van der Waals surface area contributed by atoms with Crippen molar-refractivity contribution in [1.82, 2.24) is 9.88 Å². The van der Waals surface area contributed by atoms with Crippen LogP contribution in [0.25, 0.3) is 11.1 Å². The first-order valence-corrected chi connectivity index (χ1v) is 15.8. The number of nitrogens with zero attached hydrogens (tertiary/aromatic N) is 3. The number of nitriles is 1. The third kappa shape index (κ3) is 8.24. The van der Waals surface area contributed by atoms with Gasteiger partial charge < -0.3 is 24.2 Å². The number of halogens is 1. The average molecular weight is 640 g/mol. The molecule has 0 atom stereocenters. The van der Waals surface area contributed by atoms with Gasteiger partial charge in [0.15, 0.2) is 6.29 Å². The van der Waals surface area contributed by atoms with Crippen LogP contribution in [0, 0.1) is 25.2 Å². The molecule has 2 heterocycles. The van der Waals surface area contributed by atoms with Crippen LogP contribution in [0.5, 0.6) is 17.2 Å². The summed E-state index contributed by atoms with van der Waals surface area (Å²) in [5, 5.41) is 19.2. The quantitative estimate of drug-likeness (QED) is 0.122. The molecule has 1 aliphatic heterocycles. The SMILES string of the molecule is Cc1c(COc2cc(OCc3cncc(C#N)c3)c(C=O)cc2Cl)cccc1-c1cccc(OCCCN2CCC(O)CC2)c1C. The molecule has 0 amide bonds. The van der Waals surface area contributed by atoms with Gasteiger partial charge in [-0.1, -0.05) is 41.9 Å². The highest BCUT2D eigenvalue weighted by Gasteiger charge is 2.17. The lowest BCUT2D eigenvalue weighted by Crippen LogP contribution is -2.36. The normalized spacial score (nSPS) is 13.6. The zero-order valence-corrected chi connectivity index (χ0v) is 26.9. The Kier molecular flexibility index (Phi) is 11.3. The molecule has 3 aromatic carbocycles. The number of aromatic nitrogens is 1. The molecule has 46 heavy (non-hydrogen) atoms. The van der Waals surface area contributed by atoms with Crippen LogP contribution in [0.3, 0.4) is 0 Å². The molecular formula is C37H38ClN3O5. The van der Waals surface area contributed by atoms with E-state index >= 15 is 0 Å². The molecule has 0 unspecified atom stereocenters. The van der Waals surface area contributed by atoms with Gasteiger partial charge in [0.05, 0.1) is 28.9 Å². The number of hydrogen-bond donors (Lipinski definition) is 1. The van der Waals surface area contributed by atoms with E-state index in [1.165, 1.54) is 12.3 Å². The predicted octanol–water partition coefficient (Wildman–Crippen LogP) is 7.09. The Labute approximate surface area is 275 Å². The number of aldehydes is 1. The first kappa shape index (κ1) is 33.0. The highest BCUT2D eigenvalue weighted by molar-refractivity contribution is 6.32. The minimum Gasteiger partial charge on any atom is -0.493 e. The molecule has 0 radical (unpaired) electrons. The van der Waals surface area contributed by atoms with E-state index in [0.29, 0.717) is 46.1 Å². The lowest BCUT2D eigenvalue weighted by molar-refractivity contribution is 0.0800. The lowest BCUT2D eigenvalue weighted by atomic mass is 9.93. The minimum atomic E-state index is -0.156. The molecule has 0 bridgehead atoms. The van der Waals surface area contributed by atoms with Crippen LogP contribution in [-0.2, 0) is 13.2 Å². The summed E-state index contributed by atoms with van der Waals surface area (Å²) in [5.41, 5.74) is 6.76. The van der Waals surface area contributed by atoms with Crippen molar-refractivity contribution in [2.45, 2.75) is 52.4 Å². The molecule has 0 saturated carbocycles. The van der Waals surface area contributed by atoms with E-state index in [1.54, 1.807) is 18.3 Å². The molecule has 0 spiro atoms. The maximum Gasteiger partial charge on any atom is 0.153 e. The molecule has 1 aromatic heterocycles. The summed E-state index contributed by atoms with van der Waals surface area (Å²) < 4.78 is 18.3. The average Bonchev–Trinajstić information content (AvgIpc) is 3.07. The second kappa shape index (κ2) is 15.7. The van der Waals surface area contributed by atoms with Crippen molar-refractivity contribution >= 4 is 17.9 Å². The topological polar surface area (TPSA) is 105 Å². The molecule has 4 aromatic rings. The number of piperidine rings is 1. The first-order valence-electron chi connectivity index (χ1n) is 15.5. The number of ether oxygens (including phenoxy) is 3. The van der Waals surface area contributed by atoms with Crippen molar-refractivity contribution in [2.75, 3.05) is 26.2 Å². The summed E-state index contributed by atoms with van der Waals surface area (Å²) in [6, 6.07) is 19.2. The largest absolute Gasteiger partial charge is 0.493 e. The van der Waals surface area contributed by atoms with Gasteiger partial charge in [-0.15, -0.1) is 0 Å². The molecule has 1 N–H and O–H groups in total. The molecule has 9 heteroatoms. The van der Waals surface area contributed by atoms with Crippen LogP contribution >= 0.6 is 11.6 Å². The Balaban J connectivity index is 1.25. The Morgan fingerprint density at radius 1 is 0.957 bits per heavy atom. The van der Waals surface area contributed by atoms with Gasteiger partial charge in [0.1, 0.15) is 36.5 Å². The Morgan fingerprint density at radius 3 is 2.46 bits per heavy atom. The van der Waals surface area contributed by atoms with Gasteiger partial charge in [-0.05, 0) is 79.1 Å². The summed E-state index contributed by atoms with van der Waals surface area (Å²) in [6.07, 6.45) is 6.24. The van der Waals surface area contributed by atoms with Crippen LogP contribution in [0.1, 0.15) is 57.4 Å². The summed E-state index contributed by atoms with van der Waals surface area (Å²) in [7, 11) is 0. The number of pyridine rings is 1. The van der Waals surface area contributed by atoms with Crippen LogP contribution in [0.4, 0.5) is 0 Å². The number of aliphatic hydroxyl groups excluding tert-OH is 1. The molecule has 1 fully saturated rings. The lowest BCUT2D eigenvalue weighted by Gasteiger charge is -2.29. The van der Waals surface area contributed by atoms with Crippen LogP contribution in [-0.4, -0.2) is 53.6 Å². The second-order valence-electron chi connectivity index (χ2n) is 11.5. The number of carbonyl (C=O) groups excluding carboxylic acids is 1. The fourth-order valence-electron chi connectivity index (χ4n) is 5.63. The molecule has 1 saturated heterocycles. The van der Waals surface area contributed by atoms with Gasteiger partial charge in [-0.25, -0.2) is 0 Å². The van der Waals surface area contributed by atoms with E-state index in [9.17, 15) is 9.90 Å². The Bertz CT molecular complexity index is 1710. The summed E-state index contributed by atoms with van der Waals surface area (Å²) >= 11 is 6.50. The van der Waals surface area contributed by atoms with E-state index in [0.717, 1.165) is 72.5 Å². The van der Waals surface area contributed by atoms with Crippen molar-refractivity contribution in [1.29, 1.82) is 5.26 Å². The van der Waals surface area contributed by atoms with Crippen LogP contribution < -0.4 is 14.2 Å². The highest BCUT2D eigenvalue weighted by atomic mass is 35.5. The monoisotopic (exact) mass is 639 g/mol. The highest BCUT2D eigenvalue weighted by Crippen LogP contribution is 2.36. The molecule has 1 aliphatic rings. The Hall–Kier alpha value is -4.42. The van der Waals surface area contributed by atoms with Gasteiger partial charge in [0, 0.05) is 43.7 Å². The van der Waals surface area contributed by atoms with E-state index in [-0.39, 0.29) is 19.3 Å². The smallest absolute Gasteiger partial charge is 0.153 e. The maximum absolute atomic E-state index is 11.7. The fourth-order valence-corrected chi connectivity index (χ4v) is 5.86. The zero-order chi connectivity index (χ0) is 32.5. The van der Waals surface area contributed by atoms with Crippen molar-refractivity contribution in [2.24, 2.45) is 0 Å². The summed E-state index contributed by atoms with van der Waals surface area (Å²) in [6.45, 7) is 8.03. The summed E-state index contributed by atoms with van der Waals surface area (Å²) in [5.74, 6) is 1.59. The number of carbonyl (C=O) groups is 1. The number of likely N-dealkylation sites (tertiary alicyclic amines) is 1. The van der Waals surface area contributed by atoms with Crippen molar-refractivity contribution in [3.8, 4) is 34.4 Å². The van der Waals surface area contributed by atoms with Crippen LogP contribution in [0.15, 0.2) is 67.0 Å². The van der Waals surface area contributed by atoms with Gasteiger partial charge >= 0.3 is 0 Å². The van der Waals surface area contributed by atoms with E-state index < -0.39 is 0 Å². The Morgan fingerprint density at radius 2 is 1.70 bits per heavy atom. The standard InChI is InChI=1S/C37H38ClN3O5/c1-25-29(24-46-37-18-36(30(22-42)17-34(37)38)45-23-28-16-27(19-39)20-40-21-28)6-3-7-32(25)33-8-4-9-35(26(33)2)44-15-5-12-41-13-10-31(43)11-14-41/h3-4,6-9,16-18,20-22,31,43H,5,10-15,23-24H2,1-2H3. The third-order valence-corrected chi connectivity index (χ3v) is 8.64. The second-order valence-corrected chi connectivity index (χ2v) is 11.9. The number of rotatable bonds is 13. The van der Waals surface area contributed by atoms with E-state index in [2.05, 4.69) is 41.9 Å². The van der Waals surface area contributed by atoms with Gasteiger partial charge in [0.2, 0.25) is 0 Å². The molecule has 5 rings (SSSR count). The fraction of sp³-hybridized carbons (Fsp3) is 0.324. The molecular weight excluding hydrogens is 602 g/mol. The zero-order valence-electron chi connectivity index (χ0n) is 26.2.